The summed E-state index contributed by atoms with van der Waals surface area (Å²) in [5, 5.41) is 1.28. The van der Waals surface area contributed by atoms with Crippen LogP contribution >= 0.6 is 58.4 Å². The number of alkyl halides is 3. The van der Waals surface area contributed by atoms with Crippen molar-refractivity contribution >= 4 is 58.4 Å². The molecule has 10 heavy (non-hydrogen) atoms. The summed E-state index contributed by atoms with van der Waals surface area (Å²) in [5.41, 5.74) is 0. The Balaban J connectivity index is 2.61. The quantitative estimate of drug-likeness (QED) is 0.398. The zero-order valence-electron chi connectivity index (χ0n) is 4.44. The van der Waals surface area contributed by atoms with Gasteiger partial charge in [-0.25, -0.2) is 0 Å². The summed E-state index contributed by atoms with van der Waals surface area (Å²) < 4.78 is -0.949. The van der Waals surface area contributed by atoms with Gasteiger partial charge >= 0.3 is 0 Å². The Bertz CT molecular complexity index is 164. The Morgan fingerprint density at radius 1 is 1.50 bits per heavy atom. The van der Waals surface area contributed by atoms with E-state index in [4.69, 9.17) is 46.4 Å². The van der Waals surface area contributed by atoms with Crippen molar-refractivity contribution in [1.29, 1.82) is 0 Å². The number of rotatable bonds is 0. The average Bonchev–Trinajstić information content (AvgIpc) is 2.11. The number of halogens is 4. The maximum absolute atomic E-state index is 5.56. The number of nitrogens with one attached hydrogen (secondary N) is 1. The number of hydrogen-bond donors (Lipinski definition) is 1. The van der Waals surface area contributed by atoms with Crippen LogP contribution in [0.5, 0.6) is 0 Å². The molecule has 0 fully saturated rings. The third-order valence-corrected chi connectivity index (χ3v) is 2.21. The second-order valence-electron chi connectivity index (χ2n) is 1.46. The van der Waals surface area contributed by atoms with Gasteiger partial charge in [0.25, 0.3) is 3.92 Å². The van der Waals surface area contributed by atoms with Crippen LogP contribution in [0.15, 0.2) is 10.6 Å². The molecule has 1 rings (SSSR count). The van der Waals surface area contributed by atoms with Crippen LogP contribution in [0.2, 0.25) is 0 Å². The van der Waals surface area contributed by atoms with Crippen LogP contribution in [0.25, 0.3) is 0 Å². The van der Waals surface area contributed by atoms with Crippen molar-refractivity contribution in [2.75, 3.05) is 0 Å². The van der Waals surface area contributed by atoms with E-state index in [1.165, 1.54) is 23.2 Å². The fraction of sp³-hybridized carbons (Fsp3) is 0.333. The van der Waals surface area contributed by atoms with Gasteiger partial charge < -0.3 is 0 Å². The van der Waals surface area contributed by atoms with E-state index in [1.807, 2.05) is 0 Å². The van der Waals surface area contributed by atoms with E-state index < -0.39 is 3.92 Å². The van der Waals surface area contributed by atoms with Crippen molar-refractivity contribution < 1.29 is 0 Å². The predicted octanol–water partition coefficient (Wildman–Crippen LogP) is 2.82. The van der Waals surface area contributed by atoms with E-state index in [1.54, 1.807) is 0 Å². The second kappa shape index (κ2) is 3.17. The van der Waals surface area contributed by atoms with Crippen LogP contribution in [-0.4, -0.2) is 8.93 Å². The molecule has 0 saturated carbocycles. The topological polar surface area (TPSA) is 15.3 Å². The molecule has 0 aromatic carbocycles. The molecule has 1 heterocycles. The zero-order chi connectivity index (χ0) is 7.78. The lowest BCUT2D eigenvalue weighted by Gasteiger charge is -2.22. The number of hydrogen-bond acceptors (Lipinski definition) is 3. The highest BCUT2D eigenvalue weighted by atomic mass is 35.6. The van der Waals surface area contributed by atoms with Crippen LogP contribution < -0.4 is 4.83 Å². The van der Waals surface area contributed by atoms with Gasteiger partial charge in [0.15, 0.2) is 0 Å². The molecule has 0 radical (unpaired) electrons. The molecule has 1 aliphatic heterocycles. The molecule has 0 unspecified atom stereocenters. The minimum absolute atomic E-state index is 0.534. The molecule has 0 spiro atoms. The smallest absolute Gasteiger partial charge is 0.256 e. The Labute approximate surface area is 82.5 Å². The third-order valence-electron chi connectivity index (χ3n) is 0.745. The average molecular weight is 240 g/mol. The van der Waals surface area contributed by atoms with Crippen molar-refractivity contribution in [1.82, 2.24) is 9.84 Å². The summed E-state index contributed by atoms with van der Waals surface area (Å²) in [6.45, 7) is 0. The molecule has 7 heteroatoms. The van der Waals surface area contributed by atoms with Gasteiger partial charge in [0, 0.05) is 6.20 Å². The maximum Gasteiger partial charge on any atom is 0.281 e. The van der Waals surface area contributed by atoms with E-state index >= 15 is 0 Å². The molecule has 1 N–H and O–H groups in total. The minimum atomic E-state index is -1.48. The Kier molecular flexibility index (Phi) is 2.89. The van der Waals surface area contributed by atoms with Gasteiger partial charge in [0.2, 0.25) is 0 Å². The van der Waals surface area contributed by atoms with Gasteiger partial charge in [-0.3, -0.25) is 5.01 Å². The first-order chi connectivity index (χ1) is 4.50. The minimum Gasteiger partial charge on any atom is -0.256 e. The largest absolute Gasteiger partial charge is 0.281 e. The van der Waals surface area contributed by atoms with Gasteiger partial charge in [-0.2, -0.15) is 4.83 Å². The van der Waals surface area contributed by atoms with Crippen LogP contribution in [0.3, 0.4) is 0 Å². The predicted molar refractivity (Wildman–Crippen MR) is 46.8 cm³/mol. The summed E-state index contributed by atoms with van der Waals surface area (Å²) >= 11 is 23.2. The summed E-state index contributed by atoms with van der Waals surface area (Å²) in [6, 6.07) is 0. The molecule has 2 nitrogen and oxygen atoms in total. The highest BCUT2D eigenvalue weighted by molar-refractivity contribution is 8.02. The van der Waals surface area contributed by atoms with Crippen LogP contribution in [0.4, 0.5) is 0 Å². The Morgan fingerprint density at radius 3 is 2.30 bits per heavy atom. The van der Waals surface area contributed by atoms with Gasteiger partial charge in [-0.1, -0.05) is 46.4 Å². The number of nitrogens with zero attached hydrogens (tertiary/aromatic N) is 1. The van der Waals surface area contributed by atoms with E-state index in [0.717, 1.165) is 0 Å². The first-order valence-corrected chi connectivity index (χ1v) is 4.49. The van der Waals surface area contributed by atoms with Gasteiger partial charge in [0.05, 0.1) is 0 Å². The van der Waals surface area contributed by atoms with E-state index in [0.29, 0.717) is 4.36 Å². The third kappa shape index (κ3) is 2.26. The fourth-order valence-electron chi connectivity index (χ4n) is 0.372. The monoisotopic (exact) mass is 238 g/mol. The van der Waals surface area contributed by atoms with Crippen LogP contribution in [-0.2, 0) is 0 Å². The Morgan fingerprint density at radius 2 is 2.10 bits per heavy atom. The lowest BCUT2D eigenvalue weighted by Crippen LogP contribution is -2.35. The van der Waals surface area contributed by atoms with Crippen LogP contribution in [0, 0.1) is 0 Å². The lowest BCUT2D eigenvalue weighted by atomic mass is 10.9. The zero-order valence-corrected chi connectivity index (χ0v) is 8.28. The molecule has 1 aliphatic rings. The van der Waals surface area contributed by atoms with E-state index in [-0.39, 0.29) is 0 Å². The molecular weight excluding hydrogens is 238 g/mol. The summed E-state index contributed by atoms with van der Waals surface area (Å²) in [7, 11) is 0. The van der Waals surface area contributed by atoms with Gasteiger partial charge in [-0.05, 0) is 11.9 Å². The second-order valence-corrected chi connectivity index (χ2v) is 5.14. The molecule has 0 saturated heterocycles. The molecule has 58 valence electrons. The number of hydrazine groups is 1. The van der Waals surface area contributed by atoms with E-state index in [2.05, 4.69) is 4.83 Å². The molecule has 0 amide bonds. The van der Waals surface area contributed by atoms with Crippen molar-refractivity contribution in [2.24, 2.45) is 0 Å². The molecule has 0 atom stereocenters. The van der Waals surface area contributed by atoms with Crippen molar-refractivity contribution in [3.05, 3.63) is 10.6 Å². The van der Waals surface area contributed by atoms with Crippen LogP contribution in [0.1, 0.15) is 0 Å². The summed E-state index contributed by atoms with van der Waals surface area (Å²) in [6.07, 6.45) is 1.50. The standard InChI is InChI=1S/C3H2Cl4N2S/c4-2-1-9(8-10-2)3(5,6)7/h1,8H. The SMILES string of the molecule is ClC1=CN(C(Cl)(Cl)Cl)NS1. The molecular formula is C3H2Cl4N2S. The molecule has 0 aromatic heterocycles. The normalized spacial score (nSPS) is 19.6. The summed E-state index contributed by atoms with van der Waals surface area (Å²) in [5.74, 6) is 0. The highest BCUT2D eigenvalue weighted by Crippen LogP contribution is 2.36. The van der Waals surface area contributed by atoms with E-state index in [9.17, 15) is 0 Å². The van der Waals surface area contributed by atoms with Gasteiger partial charge in [0.1, 0.15) is 4.36 Å². The lowest BCUT2D eigenvalue weighted by molar-refractivity contribution is 0.366. The van der Waals surface area contributed by atoms with Crippen molar-refractivity contribution in [3.63, 3.8) is 0 Å². The van der Waals surface area contributed by atoms with Gasteiger partial charge in [-0.15, -0.1) is 0 Å². The van der Waals surface area contributed by atoms with Crippen molar-refractivity contribution in [2.45, 2.75) is 3.92 Å². The maximum atomic E-state index is 5.56. The summed E-state index contributed by atoms with van der Waals surface area (Å²) in [4.78, 5) is 2.68. The molecule has 0 aromatic rings. The Hall–Kier alpha value is 1.01. The highest BCUT2D eigenvalue weighted by Gasteiger charge is 2.30. The molecule has 0 bridgehead atoms. The molecule has 0 aliphatic carbocycles. The fourth-order valence-corrected chi connectivity index (χ4v) is 1.53. The van der Waals surface area contributed by atoms with Crippen molar-refractivity contribution in [3.8, 4) is 0 Å². The first-order valence-electron chi connectivity index (χ1n) is 2.16. The first kappa shape index (κ1) is 9.10.